The quantitative estimate of drug-likeness (QED) is 0.324. The number of rotatable bonds is 0. The van der Waals surface area contributed by atoms with Gasteiger partial charge in [-0.05, 0) is 12.1 Å². The fourth-order valence-electron chi connectivity index (χ4n) is 0.670. The molecular weight excluding hydrogens is 129 g/mol. The Labute approximate surface area is 60.9 Å². The van der Waals surface area contributed by atoms with E-state index in [2.05, 4.69) is 0 Å². The van der Waals surface area contributed by atoms with Crippen molar-refractivity contribution in [2.75, 3.05) is 5.73 Å². The Morgan fingerprint density at radius 2 is 1.80 bits per heavy atom. The van der Waals surface area contributed by atoms with Gasteiger partial charge in [-0.1, -0.05) is 17.6 Å². The van der Waals surface area contributed by atoms with Crippen molar-refractivity contribution in [1.29, 1.82) is 0 Å². The summed E-state index contributed by atoms with van der Waals surface area (Å²) in [5, 5.41) is 0. The minimum atomic E-state index is 0. The molecular formula is C6H12BNO2. The first kappa shape index (κ1) is 11.8. The van der Waals surface area contributed by atoms with Crippen molar-refractivity contribution < 1.29 is 11.0 Å². The molecule has 0 fully saturated rings. The predicted molar refractivity (Wildman–Crippen MR) is 46.3 cm³/mol. The van der Waals surface area contributed by atoms with Gasteiger partial charge in [0, 0.05) is 5.69 Å². The summed E-state index contributed by atoms with van der Waals surface area (Å²) in [6, 6.07) is 7.80. The Bertz CT molecular complexity index is 176. The zero-order chi connectivity index (χ0) is 5.98. The third-order valence-electron chi connectivity index (χ3n) is 1.04. The summed E-state index contributed by atoms with van der Waals surface area (Å²) in [6.45, 7) is 0. The van der Waals surface area contributed by atoms with E-state index in [0.717, 1.165) is 5.69 Å². The van der Waals surface area contributed by atoms with Gasteiger partial charge < -0.3 is 16.7 Å². The lowest BCUT2D eigenvalue weighted by Gasteiger charge is -1.91. The molecule has 0 bridgehead atoms. The van der Waals surface area contributed by atoms with Gasteiger partial charge in [0.05, 0.1) is 0 Å². The van der Waals surface area contributed by atoms with Gasteiger partial charge >= 0.3 is 0 Å². The molecule has 0 spiro atoms. The van der Waals surface area contributed by atoms with Gasteiger partial charge in [-0.2, -0.15) is 0 Å². The standard InChI is InChI=1S/C6H8BN.2H2O/c7-5-2-1-3-6(8)4-5;;/h1-4H,7-8H2;2*1H2. The number of hydrogen-bond donors (Lipinski definition) is 1. The van der Waals surface area contributed by atoms with E-state index in [1.807, 2.05) is 32.1 Å². The second-order valence-electron chi connectivity index (χ2n) is 1.91. The maximum atomic E-state index is 5.46. The molecule has 1 aromatic rings. The monoisotopic (exact) mass is 141 g/mol. The Morgan fingerprint density at radius 1 is 1.20 bits per heavy atom. The molecule has 0 saturated carbocycles. The molecule has 0 saturated heterocycles. The van der Waals surface area contributed by atoms with Crippen LogP contribution in [0.2, 0.25) is 0 Å². The molecule has 0 aliphatic carbocycles. The molecule has 0 aromatic heterocycles. The van der Waals surface area contributed by atoms with Crippen molar-refractivity contribution in [3.63, 3.8) is 0 Å². The number of benzene rings is 1. The summed E-state index contributed by atoms with van der Waals surface area (Å²) >= 11 is 0. The summed E-state index contributed by atoms with van der Waals surface area (Å²) in [4.78, 5) is 0. The largest absolute Gasteiger partial charge is 0.412 e. The lowest BCUT2D eigenvalue weighted by Crippen LogP contribution is -2.01. The van der Waals surface area contributed by atoms with Crippen LogP contribution in [0.3, 0.4) is 0 Å². The molecule has 3 nitrogen and oxygen atoms in total. The van der Waals surface area contributed by atoms with E-state index in [0.29, 0.717) is 0 Å². The molecule has 1 aromatic carbocycles. The first-order valence-electron chi connectivity index (χ1n) is 2.61. The van der Waals surface area contributed by atoms with Gasteiger partial charge in [0.2, 0.25) is 0 Å². The van der Waals surface area contributed by atoms with Crippen LogP contribution >= 0.6 is 0 Å². The van der Waals surface area contributed by atoms with Gasteiger partial charge in [0.15, 0.2) is 0 Å². The van der Waals surface area contributed by atoms with Gasteiger partial charge in [0.25, 0.3) is 0 Å². The Kier molecular flexibility index (Phi) is 5.70. The van der Waals surface area contributed by atoms with Crippen molar-refractivity contribution in [3.8, 4) is 0 Å². The molecule has 6 N–H and O–H groups in total. The highest BCUT2D eigenvalue weighted by Crippen LogP contribution is 1.93. The number of hydrogen-bond acceptors (Lipinski definition) is 1. The predicted octanol–water partition coefficient (Wildman–Crippen LogP) is -2.12. The van der Waals surface area contributed by atoms with Crippen LogP contribution in [0.5, 0.6) is 0 Å². The molecule has 0 radical (unpaired) electrons. The summed E-state index contributed by atoms with van der Waals surface area (Å²) in [7, 11) is 2.02. The van der Waals surface area contributed by atoms with Crippen LogP contribution in [-0.4, -0.2) is 18.8 Å². The highest BCUT2D eigenvalue weighted by molar-refractivity contribution is 6.32. The molecule has 56 valence electrons. The van der Waals surface area contributed by atoms with Gasteiger partial charge in [-0.15, -0.1) is 0 Å². The van der Waals surface area contributed by atoms with E-state index < -0.39 is 0 Å². The van der Waals surface area contributed by atoms with Gasteiger partial charge in [0.1, 0.15) is 7.85 Å². The Morgan fingerprint density at radius 3 is 2.10 bits per heavy atom. The van der Waals surface area contributed by atoms with Crippen LogP contribution in [0.4, 0.5) is 5.69 Å². The lowest BCUT2D eigenvalue weighted by atomic mass is 9.96. The van der Waals surface area contributed by atoms with Crippen LogP contribution in [-0.2, 0) is 0 Å². The summed E-state index contributed by atoms with van der Waals surface area (Å²) in [6.07, 6.45) is 0. The van der Waals surface area contributed by atoms with E-state index in [1.54, 1.807) is 0 Å². The minimum absolute atomic E-state index is 0. The van der Waals surface area contributed by atoms with Crippen LogP contribution < -0.4 is 11.2 Å². The first-order valence-corrected chi connectivity index (χ1v) is 2.61. The molecule has 0 heterocycles. The lowest BCUT2D eigenvalue weighted by molar-refractivity contribution is 0.823. The van der Waals surface area contributed by atoms with Crippen LogP contribution in [0.15, 0.2) is 24.3 Å². The number of nitrogens with two attached hydrogens (primary N) is 1. The van der Waals surface area contributed by atoms with E-state index in [1.165, 1.54) is 5.46 Å². The molecule has 10 heavy (non-hydrogen) atoms. The zero-order valence-corrected chi connectivity index (χ0v) is 5.89. The Balaban J connectivity index is 0. The smallest absolute Gasteiger partial charge is 0.139 e. The van der Waals surface area contributed by atoms with E-state index >= 15 is 0 Å². The highest BCUT2D eigenvalue weighted by atomic mass is 16.0. The second kappa shape index (κ2) is 4.84. The van der Waals surface area contributed by atoms with Crippen LogP contribution in [0.1, 0.15) is 0 Å². The van der Waals surface area contributed by atoms with Crippen molar-refractivity contribution in [2.24, 2.45) is 0 Å². The molecule has 4 heteroatoms. The minimum Gasteiger partial charge on any atom is -0.412 e. The molecule has 0 aliphatic rings. The fourth-order valence-corrected chi connectivity index (χ4v) is 0.670. The topological polar surface area (TPSA) is 89.0 Å². The number of anilines is 1. The average Bonchev–Trinajstić information content (AvgIpc) is 1.64. The number of nitrogen functional groups attached to an aromatic ring is 1. The summed E-state index contributed by atoms with van der Waals surface area (Å²) in [5.74, 6) is 0. The summed E-state index contributed by atoms with van der Waals surface area (Å²) in [5.41, 5.74) is 7.51. The molecule has 0 atom stereocenters. The van der Waals surface area contributed by atoms with E-state index in [-0.39, 0.29) is 11.0 Å². The van der Waals surface area contributed by atoms with E-state index in [4.69, 9.17) is 5.73 Å². The first-order chi connectivity index (χ1) is 3.79. The maximum absolute atomic E-state index is 5.46. The normalized spacial score (nSPS) is 7.20. The molecule has 0 unspecified atom stereocenters. The van der Waals surface area contributed by atoms with Crippen molar-refractivity contribution >= 4 is 19.0 Å². The molecule has 0 amide bonds. The zero-order valence-electron chi connectivity index (χ0n) is 5.89. The van der Waals surface area contributed by atoms with Crippen molar-refractivity contribution in [1.82, 2.24) is 0 Å². The van der Waals surface area contributed by atoms with Crippen molar-refractivity contribution in [2.45, 2.75) is 0 Å². The third kappa shape index (κ3) is 3.12. The second-order valence-corrected chi connectivity index (χ2v) is 1.91. The molecule has 1 rings (SSSR count). The van der Waals surface area contributed by atoms with Gasteiger partial charge in [-0.3, -0.25) is 0 Å². The SMILES string of the molecule is Bc1cccc(N)c1.O.O. The highest BCUT2D eigenvalue weighted by Gasteiger charge is 1.81. The maximum Gasteiger partial charge on any atom is 0.139 e. The third-order valence-corrected chi connectivity index (χ3v) is 1.04. The van der Waals surface area contributed by atoms with Crippen LogP contribution in [0, 0.1) is 0 Å². The van der Waals surface area contributed by atoms with Gasteiger partial charge in [-0.25, -0.2) is 0 Å². The van der Waals surface area contributed by atoms with Crippen LogP contribution in [0.25, 0.3) is 0 Å². The fraction of sp³-hybridized carbons (Fsp3) is 0. The average molecular weight is 141 g/mol. The summed E-state index contributed by atoms with van der Waals surface area (Å²) < 4.78 is 0. The van der Waals surface area contributed by atoms with Crippen molar-refractivity contribution in [3.05, 3.63) is 24.3 Å². The van der Waals surface area contributed by atoms with E-state index in [9.17, 15) is 0 Å². The Hall–Kier alpha value is -0.995. The molecule has 0 aliphatic heterocycles.